The molecule has 0 atom stereocenters. The highest BCUT2D eigenvalue weighted by atomic mass is 35.5. The van der Waals surface area contributed by atoms with Crippen LogP contribution in [0.4, 0.5) is 4.79 Å². The molecule has 3 aromatic rings. The van der Waals surface area contributed by atoms with E-state index in [0.717, 1.165) is 22.9 Å². The van der Waals surface area contributed by atoms with Crippen molar-refractivity contribution in [3.63, 3.8) is 0 Å². The zero-order valence-electron chi connectivity index (χ0n) is 18.4. The van der Waals surface area contributed by atoms with Crippen molar-refractivity contribution in [3.05, 3.63) is 93.9 Å². The zero-order chi connectivity index (χ0) is 23.9. The largest absolute Gasteiger partial charge is 0.493 e. The van der Waals surface area contributed by atoms with E-state index in [1.165, 1.54) is 4.90 Å². The molecule has 4 rings (SSSR count). The molecule has 174 valence electrons. The Morgan fingerprint density at radius 1 is 0.941 bits per heavy atom. The van der Waals surface area contributed by atoms with E-state index in [9.17, 15) is 9.59 Å². The number of hydrogen-bond donors (Lipinski definition) is 0. The van der Waals surface area contributed by atoms with Gasteiger partial charge in [-0.05, 0) is 65.4 Å². The van der Waals surface area contributed by atoms with E-state index in [-0.39, 0.29) is 24.3 Å². The van der Waals surface area contributed by atoms with Crippen molar-refractivity contribution in [2.75, 3.05) is 20.3 Å². The number of imide groups is 1. The average Bonchev–Trinajstić information content (AvgIpc) is 3.11. The number of carbonyl (C=O) groups is 2. The summed E-state index contributed by atoms with van der Waals surface area (Å²) in [7, 11) is 1.56. The molecule has 34 heavy (non-hydrogen) atoms. The maximum absolute atomic E-state index is 12.8. The molecule has 2 amide bonds. The molecule has 0 radical (unpaired) electrons. The lowest BCUT2D eigenvalue weighted by molar-refractivity contribution is -0.123. The summed E-state index contributed by atoms with van der Waals surface area (Å²) < 4.78 is 16.8. The first-order valence-corrected chi connectivity index (χ1v) is 11.7. The molecule has 0 aromatic heterocycles. The summed E-state index contributed by atoms with van der Waals surface area (Å²) in [5.41, 5.74) is 1.76. The summed E-state index contributed by atoms with van der Waals surface area (Å²) in [5, 5.41) is 0.348. The van der Waals surface area contributed by atoms with Crippen molar-refractivity contribution in [1.29, 1.82) is 0 Å². The summed E-state index contributed by atoms with van der Waals surface area (Å²) in [6, 6.07) is 22.0. The van der Waals surface area contributed by atoms with Gasteiger partial charge in [0, 0.05) is 5.02 Å². The third kappa shape index (κ3) is 5.92. The van der Waals surface area contributed by atoms with Crippen LogP contribution in [0.15, 0.2) is 77.7 Å². The van der Waals surface area contributed by atoms with Gasteiger partial charge in [-0.1, -0.05) is 48.0 Å². The number of thioether (sulfide) groups is 1. The summed E-state index contributed by atoms with van der Waals surface area (Å²) in [6.07, 6.45) is 1.70. The second-order valence-electron chi connectivity index (χ2n) is 7.32. The number of ether oxygens (including phenoxy) is 3. The molecule has 1 fully saturated rings. The van der Waals surface area contributed by atoms with Crippen molar-refractivity contribution in [2.24, 2.45) is 0 Å². The number of halogens is 1. The van der Waals surface area contributed by atoms with Crippen LogP contribution in [0.5, 0.6) is 17.2 Å². The molecule has 0 N–H and O–H groups in total. The number of hydrogen-bond acceptors (Lipinski definition) is 6. The molecular weight excluding hydrogens is 474 g/mol. The molecule has 0 saturated carbocycles. The molecule has 6 nitrogen and oxygen atoms in total. The number of rotatable bonds is 9. The maximum atomic E-state index is 12.8. The molecule has 3 aromatic carbocycles. The van der Waals surface area contributed by atoms with E-state index in [0.29, 0.717) is 33.8 Å². The minimum absolute atomic E-state index is 0.143. The van der Waals surface area contributed by atoms with Gasteiger partial charge < -0.3 is 14.2 Å². The van der Waals surface area contributed by atoms with Crippen LogP contribution in [-0.4, -0.2) is 36.3 Å². The monoisotopic (exact) mass is 495 g/mol. The predicted molar refractivity (Wildman–Crippen MR) is 133 cm³/mol. The minimum Gasteiger partial charge on any atom is -0.493 e. The first-order chi connectivity index (χ1) is 16.5. The van der Waals surface area contributed by atoms with Crippen molar-refractivity contribution < 1.29 is 23.8 Å². The van der Waals surface area contributed by atoms with Crippen molar-refractivity contribution in [3.8, 4) is 17.2 Å². The van der Waals surface area contributed by atoms with Crippen LogP contribution in [0.25, 0.3) is 6.08 Å². The Balaban J connectivity index is 1.36. The van der Waals surface area contributed by atoms with Crippen LogP contribution in [0.2, 0.25) is 5.02 Å². The van der Waals surface area contributed by atoms with Crippen molar-refractivity contribution in [1.82, 2.24) is 4.90 Å². The standard InChI is InChI=1S/C26H22ClNO5S/c1-31-22-7-2-3-8-23(22)32-14-13-28-25(29)24(34-26(28)30)16-19-5-4-6-21(15-19)33-17-18-9-11-20(27)12-10-18/h2-12,15-16H,13-14,17H2,1H3/b24-16-. The number of carbonyl (C=O) groups excluding carboxylic acids is 2. The number of benzene rings is 3. The Labute approximate surface area is 207 Å². The van der Waals surface area contributed by atoms with E-state index < -0.39 is 0 Å². The van der Waals surface area contributed by atoms with Gasteiger partial charge in [0.15, 0.2) is 11.5 Å². The van der Waals surface area contributed by atoms with E-state index in [2.05, 4.69) is 0 Å². The molecule has 0 unspecified atom stereocenters. The van der Waals surface area contributed by atoms with Crippen LogP contribution in [0.3, 0.4) is 0 Å². The predicted octanol–water partition coefficient (Wildman–Crippen LogP) is 6.04. The molecule has 8 heteroatoms. The van der Waals surface area contributed by atoms with Gasteiger partial charge in [-0.2, -0.15) is 0 Å². The fourth-order valence-corrected chi connectivity index (χ4v) is 4.26. The van der Waals surface area contributed by atoms with Gasteiger partial charge in [-0.3, -0.25) is 14.5 Å². The first-order valence-electron chi connectivity index (χ1n) is 10.5. The molecular formula is C26H22ClNO5S. The molecule has 1 aliphatic heterocycles. The third-order valence-electron chi connectivity index (χ3n) is 4.99. The van der Waals surface area contributed by atoms with Crippen LogP contribution in [0, 0.1) is 0 Å². The lowest BCUT2D eigenvalue weighted by Crippen LogP contribution is -2.32. The zero-order valence-corrected chi connectivity index (χ0v) is 20.0. The molecule has 1 aliphatic rings. The fraction of sp³-hybridized carbons (Fsp3) is 0.154. The minimum atomic E-state index is -0.342. The van der Waals surface area contributed by atoms with Gasteiger partial charge in [0.25, 0.3) is 11.1 Å². The maximum Gasteiger partial charge on any atom is 0.293 e. The molecule has 0 bridgehead atoms. The van der Waals surface area contributed by atoms with Crippen LogP contribution in [0.1, 0.15) is 11.1 Å². The van der Waals surface area contributed by atoms with Crippen molar-refractivity contribution in [2.45, 2.75) is 6.61 Å². The first kappa shape index (κ1) is 23.7. The SMILES string of the molecule is COc1ccccc1OCCN1C(=O)S/C(=C\c2cccc(OCc3ccc(Cl)cc3)c2)C1=O. The highest BCUT2D eigenvalue weighted by Gasteiger charge is 2.34. The second-order valence-corrected chi connectivity index (χ2v) is 8.75. The second kappa shape index (κ2) is 11.1. The molecule has 0 spiro atoms. The number of para-hydroxylation sites is 2. The fourth-order valence-electron chi connectivity index (χ4n) is 3.27. The number of methoxy groups -OCH3 is 1. The van der Waals surface area contributed by atoms with Gasteiger partial charge in [0.2, 0.25) is 0 Å². The quantitative estimate of drug-likeness (QED) is 0.337. The summed E-state index contributed by atoms with van der Waals surface area (Å²) >= 11 is 6.83. The highest BCUT2D eigenvalue weighted by Crippen LogP contribution is 2.33. The Morgan fingerprint density at radius 2 is 1.71 bits per heavy atom. The number of nitrogens with zero attached hydrogens (tertiary/aromatic N) is 1. The van der Waals surface area contributed by atoms with Gasteiger partial charge in [0.1, 0.15) is 19.0 Å². The lowest BCUT2D eigenvalue weighted by Gasteiger charge is -2.14. The van der Waals surface area contributed by atoms with Crippen LogP contribution in [-0.2, 0) is 11.4 Å². The molecule has 1 saturated heterocycles. The summed E-state index contributed by atoms with van der Waals surface area (Å²) in [4.78, 5) is 26.8. The smallest absolute Gasteiger partial charge is 0.293 e. The van der Waals surface area contributed by atoms with Gasteiger partial charge >= 0.3 is 0 Å². The lowest BCUT2D eigenvalue weighted by atomic mass is 10.2. The van der Waals surface area contributed by atoms with Crippen LogP contribution < -0.4 is 14.2 Å². The Hall–Kier alpha value is -3.42. The Bertz CT molecular complexity index is 1210. The Kier molecular flexibility index (Phi) is 7.77. The molecule has 0 aliphatic carbocycles. The third-order valence-corrected chi connectivity index (χ3v) is 6.15. The highest BCUT2D eigenvalue weighted by molar-refractivity contribution is 8.18. The number of amides is 2. The summed E-state index contributed by atoms with van der Waals surface area (Å²) in [6.45, 7) is 0.702. The van der Waals surface area contributed by atoms with Gasteiger partial charge in [0.05, 0.1) is 18.6 Å². The van der Waals surface area contributed by atoms with E-state index >= 15 is 0 Å². The van der Waals surface area contributed by atoms with Crippen molar-refractivity contribution >= 4 is 40.6 Å². The normalized spacial score (nSPS) is 14.5. The van der Waals surface area contributed by atoms with E-state index in [1.54, 1.807) is 25.3 Å². The summed E-state index contributed by atoms with van der Waals surface area (Å²) in [5.74, 6) is 1.47. The molecule has 1 heterocycles. The average molecular weight is 496 g/mol. The Morgan fingerprint density at radius 3 is 2.47 bits per heavy atom. The van der Waals surface area contributed by atoms with Gasteiger partial charge in [-0.15, -0.1) is 0 Å². The van der Waals surface area contributed by atoms with E-state index in [1.807, 2.05) is 60.7 Å². The van der Waals surface area contributed by atoms with E-state index in [4.69, 9.17) is 25.8 Å². The topological polar surface area (TPSA) is 65.1 Å². The van der Waals surface area contributed by atoms with Gasteiger partial charge in [-0.25, -0.2) is 0 Å². The van der Waals surface area contributed by atoms with Crippen LogP contribution >= 0.6 is 23.4 Å².